The van der Waals surface area contributed by atoms with Gasteiger partial charge in [-0.05, 0) is 78.9 Å². The number of hydrogen-bond donors (Lipinski definition) is 2. The summed E-state index contributed by atoms with van der Waals surface area (Å²) in [4.78, 5) is 0. The molecule has 0 aromatic carbocycles. The lowest BCUT2D eigenvalue weighted by Gasteiger charge is -2.63. The zero-order valence-corrected chi connectivity index (χ0v) is 15.1. The molecule has 0 spiro atoms. The highest BCUT2D eigenvalue weighted by molar-refractivity contribution is 5.23. The lowest BCUT2D eigenvalue weighted by atomic mass is 9.43. The second-order valence-corrected chi connectivity index (χ2v) is 9.86. The molecule has 4 fully saturated rings. The molecule has 2 heteroatoms. The molecule has 5 unspecified atom stereocenters. The van der Waals surface area contributed by atoms with E-state index < -0.39 is 12.2 Å². The van der Waals surface area contributed by atoms with Crippen LogP contribution in [0.5, 0.6) is 0 Å². The largest absolute Gasteiger partial charge is 0.390 e. The van der Waals surface area contributed by atoms with Crippen LogP contribution in [0.1, 0.15) is 65.7 Å². The van der Waals surface area contributed by atoms with Crippen LogP contribution < -0.4 is 0 Å². The molecule has 4 aliphatic rings. The van der Waals surface area contributed by atoms with Crippen LogP contribution in [0.2, 0.25) is 0 Å². The molecule has 0 bridgehead atoms. The standard InChI is InChI=1S/C21H34O2/c1-12-7-9-21(4)15-8-10-20(3)13(2)5-6-14(20)17(15)19(23)18(22)16(21)11-12/h12,14-19,22-23H,2,5-11H2,1,3-4H3/t12-,14?,15?,16?,17?,18+,19?,20+,21+/m0/s1. The highest BCUT2D eigenvalue weighted by Crippen LogP contribution is 2.67. The van der Waals surface area contributed by atoms with Gasteiger partial charge in [-0.3, -0.25) is 0 Å². The Balaban J connectivity index is 1.73. The van der Waals surface area contributed by atoms with Crippen molar-refractivity contribution in [2.45, 2.75) is 77.9 Å². The fourth-order valence-electron chi connectivity index (χ4n) is 7.37. The summed E-state index contributed by atoms with van der Waals surface area (Å²) in [6.45, 7) is 11.5. The fraction of sp³-hybridized carbons (Fsp3) is 0.905. The van der Waals surface area contributed by atoms with Crippen molar-refractivity contribution in [2.75, 3.05) is 0 Å². The van der Waals surface area contributed by atoms with Crippen molar-refractivity contribution in [1.82, 2.24) is 0 Å². The van der Waals surface area contributed by atoms with Crippen molar-refractivity contribution in [3.8, 4) is 0 Å². The topological polar surface area (TPSA) is 40.5 Å². The molecular weight excluding hydrogens is 284 g/mol. The molecule has 130 valence electrons. The van der Waals surface area contributed by atoms with E-state index in [4.69, 9.17) is 0 Å². The highest BCUT2D eigenvalue weighted by atomic mass is 16.3. The van der Waals surface area contributed by atoms with Crippen molar-refractivity contribution in [1.29, 1.82) is 0 Å². The Morgan fingerprint density at radius 3 is 2.43 bits per heavy atom. The molecule has 4 aliphatic carbocycles. The van der Waals surface area contributed by atoms with Gasteiger partial charge >= 0.3 is 0 Å². The third-order valence-electron chi connectivity index (χ3n) is 8.97. The first-order valence-electron chi connectivity index (χ1n) is 9.83. The first-order valence-corrected chi connectivity index (χ1v) is 9.83. The van der Waals surface area contributed by atoms with Gasteiger partial charge in [-0.1, -0.05) is 39.3 Å². The van der Waals surface area contributed by atoms with Gasteiger partial charge in [0.15, 0.2) is 0 Å². The predicted octanol–water partition coefficient (Wildman–Crippen LogP) is 4.16. The quantitative estimate of drug-likeness (QED) is 0.658. The van der Waals surface area contributed by atoms with E-state index in [9.17, 15) is 10.2 Å². The second-order valence-electron chi connectivity index (χ2n) is 9.86. The van der Waals surface area contributed by atoms with Crippen molar-refractivity contribution in [3.05, 3.63) is 12.2 Å². The van der Waals surface area contributed by atoms with Gasteiger partial charge in [0.1, 0.15) is 0 Å². The maximum Gasteiger partial charge on any atom is 0.0835 e. The SMILES string of the molecule is C=C1CCC2C3C(O)[C@H](O)C4C[C@@H](C)CC[C@]4(C)C3CC[C@]12C. The van der Waals surface area contributed by atoms with E-state index >= 15 is 0 Å². The summed E-state index contributed by atoms with van der Waals surface area (Å²) in [6.07, 6.45) is 7.27. The number of aliphatic hydroxyl groups excluding tert-OH is 2. The summed E-state index contributed by atoms with van der Waals surface area (Å²) in [5.41, 5.74) is 1.82. The lowest BCUT2D eigenvalue weighted by Crippen LogP contribution is -2.63. The average Bonchev–Trinajstić information content (AvgIpc) is 2.82. The molecule has 0 amide bonds. The Morgan fingerprint density at radius 2 is 1.70 bits per heavy atom. The molecule has 4 saturated carbocycles. The summed E-state index contributed by atoms with van der Waals surface area (Å²) in [7, 11) is 0. The maximum absolute atomic E-state index is 11.1. The zero-order chi connectivity index (χ0) is 16.6. The van der Waals surface area contributed by atoms with E-state index in [0.29, 0.717) is 17.8 Å². The highest BCUT2D eigenvalue weighted by Gasteiger charge is 2.63. The maximum atomic E-state index is 11.1. The molecule has 0 aliphatic heterocycles. The molecule has 0 aromatic rings. The van der Waals surface area contributed by atoms with Crippen molar-refractivity contribution < 1.29 is 10.2 Å². The summed E-state index contributed by atoms with van der Waals surface area (Å²) >= 11 is 0. The van der Waals surface area contributed by atoms with E-state index in [1.165, 1.54) is 31.3 Å². The minimum Gasteiger partial charge on any atom is -0.390 e. The molecule has 0 heterocycles. The number of fused-ring (bicyclic) bond motifs is 5. The van der Waals surface area contributed by atoms with Crippen LogP contribution in [0.15, 0.2) is 12.2 Å². The lowest BCUT2D eigenvalue weighted by molar-refractivity contribution is -0.213. The van der Waals surface area contributed by atoms with E-state index in [0.717, 1.165) is 19.3 Å². The van der Waals surface area contributed by atoms with Crippen LogP contribution in [0.3, 0.4) is 0 Å². The van der Waals surface area contributed by atoms with Crippen LogP contribution in [0.4, 0.5) is 0 Å². The molecule has 2 nitrogen and oxygen atoms in total. The van der Waals surface area contributed by atoms with Gasteiger partial charge < -0.3 is 10.2 Å². The molecule has 9 atom stereocenters. The second kappa shape index (κ2) is 5.08. The summed E-state index contributed by atoms with van der Waals surface area (Å²) < 4.78 is 0. The Kier molecular flexibility index (Phi) is 3.57. The van der Waals surface area contributed by atoms with Crippen LogP contribution >= 0.6 is 0 Å². The van der Waals surface area contributed by atoms with Crippen LogP contribution in [0.25, 0.3) is 0 Å². The van der Waals surface area contributed by atoms with Gasteiger partial charge in [0.05, 0.1) is 12.2 Å². The molecule has 2 N–H and O–H groups in total. The molecule has 23 heavy (non-hydrogen) atoms. The Morgan fingerprint density at radius 1 is 0.957 bits per heavy atom. The van der Waals surface area contributed by atoms with Crippen molar-refractivity contribution >= 4 is 0 Å². The number of allylic oxidation sites excluding steroid dienone is 1. The Hall–Kier alpha value is -0.340. The van der Waals surface area contributed by atoms with Gasteiger partial charge in [0.2, 0.25) is 0 Å². The molecule has 0 saturated heterocycles. The van der Waals surface area contributed by atoms with Crippen LogP contribution in [-0.4, -0.2) is 22.4 Å². The third-order valence-corrected chi connectivity index (χ3v) is 8.97. The van der Waals surface area contributed by atoms with Crippen molar-refractivity contribution in [3.63, 3.8) is 0 Å². The minimum atomic E-state index is -0.529. The van der Waals surface area contributed by atoms with E-state index in [1.807, 2.05) is 0 Å². The summed E-state index contributed by atoms with van der Waals surface area (Å²) in [6, 6.07) is 0. The Labute approximate surface area is 141 Å². The fourth-order valence-corrected chi connectivity index (χ4v) is 7.37. The van der Waals surface area contributed by atoms with E-state index in [-0.39, 0.29) is 22.7 Å². The minimum absolute atomic E-state index is 0.201. The molecule has 0 aromatic heterocycles. The van der Waals surface area contributed by atoms with Gasteiger partial charge in [-0.25, -0.2) is 0 Å². The van der Waals surface area contributed by atoms with E-state index in [1.54, 1.807) is 0 Å². The Bertz CT molecular complexity index is 514. The summed E-state index contributed by atoms with van der Waals surface area (Å²) in [5.74, 6) is 2.36. The summed E-state index contributed by atoms with van der Waals surface area (Å²) in [5, 5.41) is 22.1. The zero-order valence-electron chi connectivity index (χ0n) is 15.1. The van der Waals surface area contributed by atoms with Crippen LogP contribution in [0, 0.1) is 40.4 Å². The molecule has 4 rings (SSSR count). The number of aliphatic hydroxyl groups is 2. The number of hydrogen-bond acceptors (Lipinski definition) is 2. The first-order chi connectivity index (χ1) is 10.8. The monoisotopic (exact) mass is 318 g/mol. The molecular formula is C21H34O2. The predicted molar refractivity (Wildman–Crippen MR) is 92.8 cm³/mol. The van der Waals surface area contributed by atoms with Crippen molar-refractivity contribution in [2.24, 2.45) is 40.4 Å². The van der Waals surface area contributed by atoms with Crippen LogP contribution in [-0.2, 0) is 0 Å². The van der Waals surface area contributed by atoms with Gasteiger partial charge in [0.25, 0.3) is 0 Å². The smallest absolute Gasteiger partial charge is 0.0835 e. The van der Waals surface area contributed by atoms with Gasteiger partial charge in [0, 0.05) is 0 Å². The van der Waals surface area contributed by atoms with Gasteiger partial charge in [-0.15, -0.1) is 0 Å². The number of rotatable bonds is 0. The third kappa shape index (κ3) is 2.00. The van der Waals surface area contributed by atoms with E-state index in [2.05, 4.69) is 27.4 Å². The first kappa shape index (κ1) is 16.1. The average molecular weight is 319 g/mol. The normalized spacial score (nSPS) is 59.2. The van der Waals surface area contributed by atoms with Gasteiger partial charge in [-0.2, -0.15) is 0 Å². The molecule has 0 radical (unpaired) electrons.